The number of amides is 3. The highest BCUT2D eigenvalue weighted by atomic mass is 32.2. The van der Waals surface area contributed by atoms with Gasteiger partial charge in [0, 0.05) is 54.6 Å². The van der Waals surface area contributed by atoms with Gasteiger partial charge in [0.15, 0.2) is 20.7 Å². The molecular formula is C48H60N6O9SSi. The molecule has 1 aliphatic rings. The van der Waals surface area contributed by atoms with Crippen LogP contribution in [-0.4, -0.2) is 89.8 Å². The maximum Gasteiger partial charge on any atom is 0.262 e. The van der Waals surface area contributed by atoms with Gasteiger partial charge in [-0.1, -0.05) is 45.7 Å². The number of nitrogens with two attached hydrogens (primary N) is 1. The topological polar surface area (TPSA) is 212 Å². The van der Waals surface area contributed by atoms with E-state index in [2.05, 4.69) is 54.8 Å². The van der Waals surface area contributed by atoms with Gasteiger partial charge in [-0.25, -0.2) is 8.42 Å². The number of sulfone groups is 1. The van der Waals surface area contributed by atoms with Crippen LogP contribution in [0.3, 0.4) is 0 Å². The zero-order valence-electron chi connectivity index (χ0n) is 38.3. The molecular weight excluding hydrogens is 865 g/mol. The van der Waals surface area contributed by atoms with E-state index in [0.29, 0.717) is 52.4 Å². The number of carbonyl (C=O) groups excluding carboxylic acids is 3. The quantitative estimate of drug-likeness (QED) is 0.0301. The Kier molecular flexibility index (Phi) is 14.9. The fourth-order valence-electron chi connectivity index (χ4n) is 7.39. The second-order valence-corrected chi connectivity index (χ2v) is 24.6. The monoisotopic (exact) mass is 924 g/mol. The van der Waals surface area contributed by atoms with Gasteiger partial charge in [0.05, 0.1) is 39.8 Å². The number of phenolic OH excluding ortho intramolecular Hbond substituents is 1. The first-order valence-corrected chi connectivity index (χ1v) is 26.0. The lowest BCUT2D eigenvalue weighted by atomic mass is 10.0. The van der Waals surface area contributed by atoms with Crippen molar-refractivity contribution in [1.82, 2.24) is 15.2 Å². The summed E-state index contributed by atoms with van der Waals surface area (Å²) >= 11 is 0. The van der Waals surface area contributed by atoms with Crippen molar-refractivity contribution in [1.29, 1.82) is 0 Å². The number of pyridine rings is 1. The van der Waals surface area contributed by atoms with E-state index in [0.717, 1.165) is 37.8 Å². The normalized spacial score (nSPS) is 13.4. The lowest BCUT2D eigenvalue weighted by Crippen LogP contribution is -2.43. The van der Waals surface area contributed by atoms with Crippen molar-refractivity contribution in [2.75, 3.05) is 51.0 Å². The van der Waals surface area contributed by atoms with Crippen molar-refractivity contribution in [3.63, 3.8) is 0 Å². The van der Waals surface area contributed by atoms with Crippen molar-refractivity contribution in [2.45, 2.75) is 87.4 Å². The number of aryl methyl sites for hydroxylation is 1. The fraction of sp³-hybridized carbons (Fsp3) is 0.375. The number of nitrogens with zero attached hydrogens (tertiary/aromatic N) is 2. The molecule has 5 aromatic rings. The molecule has 0 saturated carbocycles. The second-order valence-electron chi connectivity index (χ2n) is 17.9. The van der Waals surface area contributed by atoms with Gasteiger partial charge in [-0.2, -0.15) is 0 Å². The number of methoxy groups -OCH3 is 1. The summed E-state index contributed by atoms with van der Waals surface area (Å²) in [7, 11) is -3.15. The van der Waals surface area contributed by atoms with Crippen LogP contribution < -0.4 is 31.2 Å². The number of hydrogen-bond acceptors (Lipinski definition) is 12. The molecule has 65 heavy (non-hydrogen) atoms. The number of unbranched alkanes of at least 4 members (excludes halogenated alkanes) is 3. The molecule has 6 N–H and O–H groups in total. The van der Waals surface area contributed by atoms with Gasteiger partial charge < -0.3 is 45.6 Å². The standard InChI is InChI=1S/C48H60N6O9SSi/c1-30-23-35(26-37-42(30)51-27-38(46(49)57)43(37)52-32-16-14-17-33(25-32)61-6)64(59,60)34-18-13-15-31(24-34)47(58)54(5)22-12-10-9-11-21-50-28-40(63-65(7,8)48(2,3)4)36-19-20-39(55)44-45(36)62-29-41(56)53-44/h13-20,23-27,40,50,55H,9-12,21-22,28-29H2,1-8H3,(H2,49,57)(H,51,52)(H,53,56). The largest absolute Gasteiger partial charge is 0.506 e. The van der Waals surface area contributed by atoms with Gasteiger partial charge in [0.2, 0.25) is 9.84 Å². The van der Waals surface area contributed by atoms with Crippen molar-refractivity contribution in [2.24, 2.45) is 5.73 Å². The molecule has 1 atom stereocenters. The highest BCUT2D eigenvalue weighted by Crippen LogP contribution is 2.46. The third-order valence-electron chi connectivity index (χ3n) is 12.1. The van der Waals surface area contributed by atoms with Crippen molar-refractivity contribution in [3.8, 4) is 17.2 Å². The van der Waals surface area contributed by atoms with Crippen molar-refractivity contribution >= 4 is 63.8 Å². The highest BCUT2D eigenvalue weighted by Gasteiger charge is 2.40. The summed E-state index contributed by atoms with van der Waals surface area (Å²) in [6.07, 6.45) is 4.42. The molecule has 1 unspecified atom stereocenters. The number of hydrogen-bond donors (Lipinski definition) is 5. The Morgan fingerprint density at radius 2 is 1.75 bits per heavy atom. The molecule has 0 fully saturated rings. The number of aromatic nitrogens is 1. The number of carbonyl (C=O) groups is 3. The van der Waals surface area contributed by atoms with Crippen LogP contribution in [0.1, 0.15) is 84.4 Å². The molecule has 346 valence electrons. The van der Waals surface area contributed by atoms with E-state index in [1.165, 1.54) is 37.6 Å². The van der Waals surface area contributed by atoms with Crippen LogP contribution in [0, 0.1) is 6.92 Å². The summed E-state index contributed by atoms with van der Waals surface area (Å²) in [4.78, 5) is 44.2. The number of ether oxygens (including phenoxy) is 2. The van der Waals surface area contributed by atoms with Crippen molar-refractivity contribution < 1.29 is 41.8 Å². The average Bonchev–Trinajstić information content (AvgIpc) is 3.26. The molecule has 17 heteroatoms. The maximum atomic E-state index is 14.2. The minimum Gasteiger partial charge on any atom is -0.506 e. The van der Waals surface area contributed by atoms with Gasteiger partial charge in [0.1, 0.15) is 17.2 Å². The van der Waals surface area contributed by atoms with Crippen molar-refractivity contribution in [3.05, 3.63) is 101 Å². The van der Waals surface area contributed by atoms with Gasteiger partial charge in [-0.05, 0) is 105 Å². The Labute approximate surface area is 382 Å². The molecule has 0 aliphatic carbocycles. The highest BCUT2D eigenvalue weighted by molar-refractivity contribution is 7.91. The third kappa shape index (κ3) is 11.1. The number of anilines is 3. The number of nitrogens with one attached hydrogen (secondary N) is 3. The van der Waals surface area contributed by atoms with Crippen LogP contribution in [0.2, 0.25) is 18.1 Å². The molecule has 1 aromatic heterocycles. The van der Waals surface area contributed by atoms with E-state index >= 15 is 0 Å². The van der Waals surface area contributed by atoms with Crippen LogP contribution >= 0.6 is 0 Å². The third-order valence-corrected chi connectivity index (χ3v) is 18.3. The summed E-state index contributed by atoms with van der Waals surface area (Å²) in [5.74, 6) is -0.428. The Bertz CT molecular complexity index is 2700. The molecule has 2 heterocycles. The number of fused-ring (bicyclic) bond motifs is 2. The number of benzene rings is 4. The van der Waals surface area contributed by atoms with Gasteiger partial charge >= 0.3 is 0 Å². The Morgan fingerprint density at radius 1 is 1.02 bits per heavy atom. The van der Waals surface area contributed by atoms with E-state index < -0.39 is 24.1 Å². The second kappa shape index (κ2) is 20.0. The number of rotatable bonds is 19. The summed E-state index contributed by atoms with van der Waals surface area (Å²) in [5.41, 5.74) is 9.04. The van der Waals surface area contributed by atoms with Crippen LogP contribution in [-0.2, 0) is 19.1 Å². The first-order valence-electron chi connectivity index (χ1n) is 21.6. The smallest absolute Gasteiger partial charge is 0.262 e. The molecule has 0 saturated heterocycles. The number of aromatic hydroxyl groups is 1. The van der Waals surface area contributed by atoms with Crippen LogP contribution in [0.25, 0.3) is 10.9 Å². The minimum atomic E-state index is -4.15. The average molecular weight is 925 g/mol. The predicted octanol–water partition coefficient (Wildman–Crippen LogP) is 8.25. The van der Waals surface area contributed by atoms with Gasteiger partial charge in [-0.3, -0.25) is 19.4 Å². The molecule has 6 rings (SSSR count). The Morgan fingerprint density at radius 3 is 2.48 bits per heavy atom. The van der Waals surface area contributed by atoms with Crippen LogP contribution in [0.4, 0.5) is 17.1 Å². The summed E-state index contributed by atoms with van der Waals surface area (Å²) < 4.78 is 46.5. The van der Waals surface area contributed by atoms with E-state index in [-0.39, 0.29) is 61.9 Å². The maximum absolute atomic E-state index is 14.2. The lowest BCUT2D eigenvalue weighted by Gasteiger charge is -2.40. The number of primary amides is 1. The number of phenols is 1. The Hall–Kier alpha value is -6.01. The van der Waals surface area contributed by atoms with Gasteiger partial charge in [-0.15, -0.1) is 0 Å². The minimum absolute atomic E-state index is 0.0334. The molecule has 4 aromatic carbocycles. The lowest BCUT2D eigenvalue weighted by molar-refractivity contribution is -0.118. The molecule has 0 radical (unpaired) electrons. The fourth-order valence-corrected chi connectivity index (χ4v) is 10.1. The zero-order valence-corrected chi connectivity index (χ0v) is 40.1. The summed E-state index contributed by atoms with van der Waals surface area (Å²) in [6, 6.07) is 19.4. The van der Waals surface area contributed by atoms with Gasteiger partial charge in [0.25, 0.3) is 17.7 Å². The van der Waals surface area contributed by atoms with Crippen LogP contribution in [0.15, 0.2) is 88.8 Å². The van der Waals surface area contributed by atoms with E-state index in [1.807, 2.05) is 0 Å². The summed E-state index contributed by atoms with van der Waals surface area (Å²) in [5, 5.41) is 20.3. The first kappa shape index (κ1) is 48.4. The molecule has 0 bridgehead atoms. The van der Waals surface area contributed by atoms with Crippen LogP contribution in [0.5, 0.6) is 17.2 Å². The first-order chi connectivity index (χ1) is 30.7. The Balaban J connectivity index is 1.07. The molecule has 3 amide bonds. The molecule has 1 aliphatic heterocycles. The molecule has 15 nitrogen and oxygen atoms in total. The SMILES string of the molecule is COc1cccc(Nc2c(C(N)=O)cnc3c(C)cc(S(=O)(=O)c4cccc(C(=O)N(C)CCCCCCNCC(O[Si](C)(C)C(C)(C)C)c5ccc(O)c6c5OCC(=O)N6)c4)cc23)c1. The summed E-state index contributed by atoms with van der Waals surface area (Å²) in [6.45, 7) is 14.2. The van der Waals surface area contributed by atoms with E-state index in [4.69, 9.17) is 19.6 Å². The molecule has 0 spiro atoms. The van der Waals surface area contributed by atoms with E-state index in [1.54, 1.807) is 67.4 Å². The van der Waals surface area contributed by atoms with E-state index in [9.17, 15) is 27.9 Å². The predicted molar refractivity (Wildman–Crippen MR) is 255 cm³/mol. The zero-order chi connectivity index (χ0) is 47.3.